The van der Waals surface area contributed by atoms with Gasteiger partial charge in [0.25, 0.3) is 0 Å². The number of thiophene rings is 2. The zero-order valence-corrected chi connectivity index (χ0v) is 30.2. The van der Waals surface area contributed by atoms with Gasteiger partial charge in [-0.3, -0.25) is 0 Å². The average Bonchev–Trinajstić information content (AvgIpc) is 3.76. The Labute approximate surface area is 306 Å². The molecule has 10 rings (SSSR count). The largest absolute Gasteiger partial charge is 0.135 e. The first kappa shape index (κ1) is 30.5. The summed E-state index contributed by atoms with van der Waals surface area (Å²) < 4.78 is 5.32. The number of fused-ring (bicyclic) bond motifs is 6. The van der Waals surface area contributed by atoms with Gasteiger partial charge < -0.3 is 0 Å². The van der Waals surface area contributed by atoms with Crippen LogP contribution in [0.2, 0.25) is 0 Å². The van der Waals surface area contributed by atoms with E-state index in [1.165, 1.54) is 89.6 Å². The molecule has 0 nitrogen and oxygen atoms in total. The Morgan fingerprint density at radius 2 is 0.627 bits per heavy atom. The predicted molar refractivity (Wildman–Crippen MR) is 227 cm³/mol. The van der Waals surface area contributed by atoms with Crippen LogP contribution in [0.1, 0.15) is 0 Å². The Bertz CT molecular complexity index is 2680. The number of hydrogen-bond donors (Lipinski definition) is 0. The zero-order chi connectivity index (χ0) is 33.7. The minimum Gasteiger partial charge on any atom is -0.135 e. The smallest absolute Gasteiger partial charge is 0.0361 e. The summed E-state index contributed by atoms with van der Waals surface area (Å²) in [6.45, 7) is 0. The third kappa shape index (κ3) is 5.57. The van der Waals surface area contributed by atoms with E-state index in [-0.39, 0.29) is 0 Å². The summed E-state index contributed by atoms with van der Waals surface area (Å²) in [5, 5.41) is 9.41. The van der Waals surface area contributed by atoms with E-state index in [0.29, 0.717) is 0 Å². The van der Waals surface area contributed by atoms with Crippen LogP contribution >= 0.6 is 30.6 Å². The van der Waals surface area contributed by atoms with Crippen LogP contribution in [0.5, 0.6) is 0 Å². The van der Waals surface area contributed by atoms with Crippen molar-refractivity contribution < 1.29 is 0 Å². The first-order chi connectivity index (χ1) is 25.2. The molecule has 8 aromatic carbocycles. The summed E-state index contributed by atoms with van der Waals surface area (Å²) in [5.74, 6) is 0. The molecule has 0 aliphatic rings. The van der Waals surface area contributed by atoms with Crippen LogP contribution in [0.15, 0.2) is 188 Å². The van der Waals surface area contributed by atoms with E-state index >= 15 is 0 Å². The van der Waals surface area contributed by atoms with Crippen LogP contribution in [0.25, 0.3) is 73.7 Å². The van der Waals surface area contributed by atoms with E-state index in [1.54, 1.807) is 0 Å². The molecule has 0 radical (unpaired) electrons. The molecule has 0 fully saturated rings. The average molecular weight is 703 g/mol. The molecule has 240 valence electrons. The topological polar surface area (TPSA) is 0 Å². The molecule has 0 amide bonds. The molecular formula is C48H31PS2. The second-order valence-corrected chi connectivity index (χ2v) is 17.4. The van der Waals surface area contributed by atoms with Gasteiger partial charge in [0.15, 0.2) is 0 Å². The highest BCUT2D eigenvalue weighted by molar-refractivity contribution is 7.79. The maximum Gasteiger partial charge on any atom is 0.0361 e. The molecule has 3 heteroatoms. The maximum absolute atomic E-state index is 2.38. The first-order valence-electron chi connectivity index (χ1n) is 17.2. The summed E-state index contributed by atoms with van der Waals surface area (Å²) in [7, 11) is -0.662. The number of hydrogen-bond acceptors (Lipinski definition) is 2. The summed E-state index contributed by atoms with van der Waals surface area (Å²) in [5.41, 5.74) is 7.41. The third-order valence-electron chi connectivity index (χ3n) is 9.84. The Morgan fingerprint density at radius 3 is 1.12 bits per heavy atom. The van der Waals surface area contributed by atoms with Gasteiger partial charge in [0.05, 0.1) is 0 Å². The Kier molecular flexibility index (Phi) is 7.61. The molecule has 2 aromatic heterocycles. The summed E-state index contributed by atoms with van der Waals surface area (Å²) in [6, 6.07) is 69.8. The zero-order valence-electron chi connectivity index (χ0n) is 27.7. The molecule has 0 aliphatic carbocycles. The second kappa shape index (κ2) is 12.7. The number of benzene rings is 8. The van der Waals surface area contributed by atoms with Gasteiger partial charge in [0.2, 0.25) is 0 Å². The molecule has 0 aliphatic heterocycles. The van der Waals surface area contributed by atoms with Crippen molar-refractivity contribution in [2.45, 2.75) is 0 Å². The monoisotopic (exact) mass is 702 g/mol. The van der Waals surface area contributed by atoms with Gasteiger partial charge in [-0.05, 0) is 99.7 Å². The van der Waals surface area contributed by atoms with Crippen LogP contribution in [0, 0.1) is 0 Å². The van der Waals surface area contributed by atoms with Crippen LogP contribution in [-0.2, 0) is 0 Å². The molecule has 0 saturated heterocycles. The molecule has 0 bridgehead atoms. The van der Waals surface area contributed by atoms with Crippen LogP contribution in [-0.4, -0.2) is 0 Å². The van der Waals surface area contributed by atoms with Gasteiger partial charge in [-0.1, -0.05) is 146 Å². The molecule has 51 heavy (non-hydrogen) atoms. The van der Waals surface area contributed by atoms with E-state index in [0.717, 1.165) is 0 Å². The van der Waals surface area contributed by atoms with Crippen molar-refractivity contribution in [2.24, 2.45) is 0 Å². The highest BCUT2D eigenvalue weighted by atomic mass is 32.1. The summed E-state index contributed by atoms with van der Waals surface area (Å²) in [6.07, 6.45) is 0. The lowest BCUT2D eigenvalue weighted by atomic mass is 9.93. The van der Waals surface area contributed by atoms with Gasteiger partial charge >= 0.3 is 0 Å². The van der Waals surface area contributed by atoms with Crippen molar-refractivity contribution >= 4 is 86.9 Å². The van der Waals surface area contributed by atoms with Gasteiger partial charge in [0, 0.05) is 40.3 Å². The lowest BCUT2D eigenvalue weighted by molar-refractivity contribution is 1.59. The summed E-state index contributed by atoms with van der Waals surface area (Å²) >= 11 is 3.76. The molecule has 10 aromatic rings. The fourth-order valence-electron chi connectivity index (χ4n) is 7.34. The predicted octanol–water partition coefficient (Wildman–Crippen LogP) is 13.2. The minimum atomic E-state index is -0.662. The Balaban J connectivity index is 1.11. The molecule has 0 atom stereocenters. The van der Waals surface area contributed by atoms with E-state index in [1.807, 2.05) is 22.7 Å². The fraction of sp³-hybridized carbons (Fsp3) is 0. The highest BCUT2D eigenvalue weighted by Gasteiger charge is 2.17. The molecular weight excluding hydrogens is 672 g/mol. The van der Waals surface area contributed by atoms with Crippen molar-refractivity contribution in [1.82, 2.24) is 0 Å². The van der Waals surface area contributed by atoms with Crippen LogP contribution < -0.4 is 15.9 Å². The minimum absolute atomic E-state index is 0.662. The van der Waals surface area contributed by atoms with E-state index in [9.17, 15) is 0 Å². The molecule has 0 saturated carbocycles. The van der Waals surface area contributed by atoms with Crippen LogP contribution in [0.4, 0.5) is 0 Å². The van der Waals surface area contributed by atoms with Gasteiger partial charge in [0.1, 0.15) is 0 Å². The fourth-order valence-corrected chi connectivity index (χ4v) is 11.9. The van der Waals surface area contributed by atoms with Crippen molar-refractivity contribution in [3.05, 3.63) is 188 Å². The Hall–Kier alpha value is -5.37. The third-order valence-corrected chi connectivity index (χ3v) is 14.6. The van der Waals surface area contributed by atoms with E-state index in [4.69, 9.17) is 0 Å². The highest BCUT2D eigenvalue weighted by Crippen LogP contribution is 2.41. The van der Waals surface area contributed by atoms with Crippen molar-refractivity contribution in [2.75, 3.05) is 0 Å². The molecule has 0 spiro atoms. The quantitative estimate of drug-likeness (QED) is 0.151. The number of rotatable bonds is 6. The van der Waals surface area contributed by atoms with E-state index in [2.05, 4.69) is 188 Å². The standard InChI is InChI=1S/C48H31PS2/c1-3-11-38(12-4-1)49(39-13-5-2-6-14-39)40-23-19-32(20-24-40)35-27-36(33-21-25-43-41-15-7-9-17-45(41)50-47(43)30-33)29-37(28-35)34-22-26-44-42-16-8-10-18-46(42)51-48(44)31-34/h1-31H. The molecule has 0 unspecified atom stereocenters. The van der Waals surface area contributed by atoms with Crippen molar-refractivity contribution in [3.8, 4) is 33.4 Å². The normalized spacial score (nSPS) is 11.7. The van der Waals surface area contributed by atoms with Gasteiger partial charge in [-0.25, -0.2) is 0 Å². The summed E-state index contributed by atoms with van der Waals surface area (Å²) in [4.78, 5) is 0. The lowest BCUT2D eigenvalue weighted by Crippen LogP contribution is -2.20. The van der Waals surface area contributed by atoms with Gasteiger partial charge in [-0.2, -0.15) is 0 Å². The van der Waals surface area contributed by atoms with Crippen molar-refractivity contribution in [1.29, 1.82) is 0 Å². The first-order valence-corrected chi connectivity index (χ1v) is 20.2. The SMILES string of the molecule is c1ccc(P(c2ccccc2)c2ccc(-c3cc(-c4ccc5c(c4)sc4ccccc45)cc(-c4ccc5c(c4)sc4ccccc45)c3)cc2)cc1. The molecule has 2 heterocycles. The van der Waals surface area contributed by atoms with E-state index < -0.39 is 7.92 Å². The molecule has 0 N–H and O–H groups in total. The van der Waals surface area contributed by atoms with Gasteiger partial charge in [-0.15, -0.1) is 22.7 Å². The second-order valence-electron chi connectivity index (χ2n) is 13.0. The Morgan fingerprint density at radius 1 is 0.255 bits per heavy atom. The lowest BCUT2D eigenvalue weighted by Gasteiger charge is -2.20. The van der Waals surface area contributed by atoms with Crippen molar-refractivity contribution in [3.63, 3.8) is 0 Å². The maximum atomic E-state index is 2.38. The van der Waals surface area contributed by atoms with Crippen LogP contribution in [0.3, 0.4) is 0 Å².